The molecular formula is C18H21FN4O4S. The fourth-order valence-electron chi connectivity index (χ4n) is 2.70. The first kappa shape index (κ1) is 20.1. The van der Waals surface area contributed by atoms with E-state index in [2.05, 4.69) is 10.2 Å². The van der Waals surface area contributed by atoms with Crippen LogP contribution in [0.25, 0.3) is 0 Å². The van der Waals surface area contributed by atoms with Gasteiger partial charge in [-0.3, -0.25) is 9.59 Å². The highest BCUT2D eigenvalue weighted by Crippen LogP contribution is 2.24. The molecule has 10 heteroatoms. The summed E-state index contributed by atoms with van der Waals surface area (Å²) in [7, 11) is 0. The van der Waals surface area contributed by atoms with E-state index in [4.69, 9.17) is 9.15 Å². The molecule has 1 saturated heterocycles. The molecule has 1 fully saturated rings. The van der Waals surface area contributed by atoms with E-state index in [1.54, 1.807) is 16.7 Å². The van der Waals surface area contributed by atoms with Gasteiger partial charge in [0.15, 0.2) is 6.10 Å². The second-order valence-electron chi connectivity index (χ2n) is 6.30. The van der Waals surface area contributed by atoms with Gasteiger partial charge in [-0.25, -0.2) is 4.39 Å². The Kier molecular flexibility index (Phi) is 6.50. The number of thioether (sulfide) groups is 1. The van der Waals surface area contributed by atoms with Crippen molar-refractivity contribution in [1.82, 2.24) is 20.0 Å². The Bertz CT molecular complexity index is 821. The summed E-state index contributed by atoms with van der Waals surface area (Å²) < 4.78 is 24.1. The van der Waals surface area contributed by atoms with Crippen LogP contribution in [-0.4, -0.2) is 63.7 Å². The van der Waals surface area contributed by atoms with E-state index < -0.39 is 6.10 Å². The Hall–Kier alpha value is -2.62. The number of aromatic nitrogens is 2. The first-order valence-electron chi connectivity index (χ1n) is 8.84. The van der Waals surface area contributed by atoms with Crippen molar-refractivity contribution in [1.29, 1.82) is 0 Å². The Labute approximate surface area is 166 Å². The zero-order chi connectivity index (χ0) is 20.1. The first-order valence-corrected chi connectivity index (χ1v) is 9.82. The molecule has 2 aromatic rings. The van der Waals surface area contributed by atoms with Crippen molar-refractivity contribution in [3.05, 3.63) is 36.0 Å². The predicted octanol–water partition coefficient (Wildman–Crippen LogP) is 2.13. The Morgan fingerprint density at radius 3 is 2.46 bits per heavy atom. The standard InChI is InChI=1S/C18H21FN4O4S/c1-12(26-15-5-3-14(19)4-6-15)17-20-21-18(27-17)28-11-16(25)23-9-7-22(8-10-23)13(2)24/h3-6,12H,7-11H2,1-2H3. The van der Waals surface area contributed by atoms with Crippen LogP contribution in [0.1, 0.15) is 25.8 Å². The molecule has 2 amide bonds. The van der Waals surface area contributed by atoms with Crippen molar-refractivity contribution in [2.45, 2.75) is 25.2 Å². The molecule has 28 heavy (non-hydrogen) atoms. The normalized spacial score (nSPS) is 15.4. The van der Waals surface area contributed by atoms with Gasteiger partial charge >= 0.3 is 0 Å². The zero-order valence-electron chi connectivity index (χ0n) is 15.6. The van der Waals surface area contributed by atoms with E-state index in [1.165, 1.54) is 31.2 Å². The number of halogens is 1. The lowest BCUT2D eigenvalue weighted by molar-refractivity contribution is -0.136. The van der Waals surface area contributed by atoms with E-state index in [9.17, 15) is 14.0 Å². The molecule has 1 aromatic heterocycles. The van der Waals surface area contributed by atoms with E-state index in [0.29, 0.717) is 31.9 Å². The van der Waals surface area contributed by atoms with Crippen molar-refractivity contribution in [2.75, 3.05) is 31.9 Å². The van der Waals surface area contributed by atoms with Gasteiger partial charge in [0, 0.05) is 33.1 Å². The minimum atomic E-state index is -0.511. The summed E-state index contributed by atoms with van der Waals surface area (Å²) in [6, 6.07) is 5.64. The fraction of sp³-hybridized carbons (Fsp3) is 0.444. The molecule has 0 bridgehead atoms. The topological polar surface area (TPSA) is 88.8 Å². The lowest BCUT2D eigenvalue weighted by Crippen LogP contribution is -2.50. The molecule has 1 aliphatic rings. The maximum atomic E-state index is 12.9. The summed E-state index contributed by atoms with van der Waals surface area (Å²) in [4.78, 5) is 27.1. The third-order valence-corrected chi connectivity index (χ3v) is 5.10. The number of hydrogen-bond donors (Lipinski definition) is 0. The molecule has 1 atom stereocenters. The largest absolute Gasteiger partial charge is 0.481 e. The minimum absolute atomic E-state index is 0.0249. The second-order valence-corrected chi connectivity index (χ2v) is 7.22. The fourth-order valence-corrected chi connectivity index (χ4v) is 3.37. The maximum absolute atomic E-state index is 12.9. The van der Waals surface area contributed by atoms with Crippen LogP contribution in [0, 0.1) is 5.82 Å². The molecule has 0 radical (unpaired) electrons. The van der Waals surface area contributed by atoms with Gasteiger partial charge in [-0.15, -0.1) is 10.2 Å². The zero-order valence-corrected chi connectivity index (χ0v) is 16.4. The van der Waals surface area contributed by atoms with Crippen molar-refractivity contribution in [3.63, 3.8) is 0 Å². The molecule has 0 aliphatic carbocycles. The molecule has 8 nitrogen and oxygen atoms in total. The van der Waals surface area contributed by atoms with Gasteiger partial charge in [-0.05, 0) is 31.2 Å². The Morgan fingerprint density at radius 1 is 1.18 bits per heavy atom. The quantitative estimate of drug-likeness (QED) is 0.677. The van der Waals surface area contributed by atoms with Crippen LogP contribution in [0.3, 0.4) is 0 Å². The molecular weight excluding hydrogens is 387 g/mol. The van der Waals surface area contributed by atoms with E-state index in [-0.39, 0.29) is 34.5 Å². The summed E-state index contributed by atoms with van der Waals surface area (Å²) in [5, 5.41) is 8.15. The number of carbonyl (C=O) groups is 2. The second kappa shape index (κ2) is 9.05. The summed E-state index contributed by atoms with van der Waals surface area (Å²) in [6.45, 7) is 5.42. The third kappa shape index (κ3) is 5.22. The van der Waals surface area contributed by atoms with Gasteiger partial charge in [0.25, 0.3) is 11.1 Å². The predicted molar refractivity (Wildman–Crippen MR) is 99.3 cm³/mol. The number of nitrogens with zero attached hydrogens (tertiary/aromatic N) is 4. The molecule has 0 N–H and O–H groups in total. The number of amides is 2. The maximum Gasteiger partial charge on any atom is 0.277 e. The highest BCUT2D eigenvalue weighted by molar-refractivity contribution is 7.99. The smallest absolute Gasteiger partial charge is 0.277 e. The monoisotopic (exact) mass is 408 g/mol. The van der Waals surface area contributed by atoms with E-state index in [1.807, 2.05) is 0 Å². The van der Waals surface area contributed by atoms with Crippen LogP contribution in [-0.2, 0) is 9.59 Å². The SMILES string of the molecule is CC(=O)N1CCN(C(=O)CSc2nnc(C(C)Oc3ccc(F)cc3)o2)CC1. The van der Waals surface area contributed by atoms with Crippen molar-refractivity contribution in [3.8, 4) is 5.75 Å². The van der Waals surface area contributed by atoms with Crippen molar-refractivity contribution >= 4 is 23.6 Å². The van der Waals surface area contributed by atoms with E-state index >= 15 is 0 Å². The molecule has 150 valence electrons. The average Bonchev–Trinajstić information content (AvgIpc) is 3.17. The Morgan fingerprint density at radius 2 is 1.82 bits per heavy atom. The number of rotatable bonds is 6. The minimum Gasteiger partial charge on any atom is -0.481 e. The summed E-state index contributed by atoms with van der Waals surface area (Å²) in [5.74, 6) is 0.578. The molecule has 0 spiro atoms. The van der Waals surface area contributed by atoms with Crippen LogP contribution >= 0.6 is 11.8 Å². The van der Waals surface area contributed by atoms with Gasteiger partial charge in [-0.1, -0.05) is 11.8 Å². The van der Waals surface area contributed by atoms with Gasteiger partial charge in [0.05, 0.1) is 5.75 Å². The van der Waals surface area contributed by atoms with Crippen LogP contribution < -0.4 is 4.74 Å². The molecule has 1 aliphatic heterocycles. The molecule has 3 rings (SSSR count). The summed E-state index contributed by atoms with van der Waals surface area (Å²) >= 11 is 1.16. The summed E-state index contributed by atoms with van der Waals surface area (Å²) in [5.41, 5.74) is 0. The number of benzene rings is 1. The molecule has 0 saturated carbocycles. The molecule has 1 unspecified atom stereocenters. The number of piperazine rings is 1. The van der Waals surface area contributed by atoms with Crippen LogP contribution in [0.5, 0.6) is 5.75 Å². The van der Waals surface area contributed by atoms with Crippen molar-refractivity contribution < 1.29 is 23.1 Å². The van der Waals surface area contributed by atoms with Crippen LogP contribution in [0.4, 0.5) is 4.39 Å². The van der Waals surface area contributed by atoms with Crippen LogP contribution in [0.2, 0.25) is 0 Å². The highest BCUT2D eigenvalue weighted by atomic mass is 32.2. The first-order chi connectivity index (χ1) is 13.4. The van der Waals surface area contributed by atoms with Gasteiger partial charge in [0.2, 0.25) is 11.8 Å². The van der Waals surface area contributed by atoms with Gasteiger partial charge in [-0.2, -0.15) is 0 Å². The number of ether oxygens (including phenoxy) is 1. The van der Waals surface area contributed by atoms with Crippen molar-refractivity contribution in [2.24, 2.45) is 0 Å². The highest BCUT2D eigenvalue weighted by Gasteiger charge is 2.23. The van der Waals surface area contributed by atoms with Gasteiger partial charge < -0.3 is 19.0 Å². The Balaban J connectivity index is 1.47. The number of hydrogen-bond acceptors (Lipinski definition) is 7. The van der Waals surface area contributed by atoms with E-state index in [0.717, 1.165) is 11.8 Å². The average molecular weight is 408 g/mol. The summed E-state index contributed by atoms with van der Waals surface area (Å²) in [6.07, 6.45) is -0.511. The van der Waals surface area contributed by atoms with Gasteiger partial charge in [0.1, 0.15) is 11.6 Å². The third-order valence-electron chi connectivity index (χ3n) is 4.29. The number of carbonyl (C=O) groups excluding carboxylic acids is 2. The van der Waals surface area contributed by atoms with Crippen LogP contribution in [0.15, 0.2) is 33.9 Å². The lowest BCUT2D eigenvalue weighted by Gasteiger charge is -2.34. The lowest BCUT2D eigenvalue weighted by atomic mass is 10.3. The molecule has 2 heterocycles. The molecule has 1 aromatic carbocycles.